The second-order valence-corrected chi connectivity index (χ2v) is 11.4. The first-order valence-corrected chi connectivity index (χ1v) is 15.4. The summed E-state index contributed by atoms with van der Waals surface area (Å²) in [6.07, 6.45) is 2.42. The largest absolute Gasteiger partial charge is 0.508 e. The first-order chi connectivity index (χ1) is 21.8. The van der Waals surface area contributed by atoms with Gasteiger partial charge in [-0.05, 0) is 80.5 Å². The molecule has 252 valence electrons. The molecule has 0 saturated carbocycles. The van der Waals surface area contributed by atoms with Gasteiger partial charge in [-0.25, -0.2) is 0 Å². The van der Waals surface area contributed by atoms with Crippen LogP contribution >= 0.6 is 0 Å². The number of aryl methyl sites for hydroxylation is 2. The van der Waals surface area contributed by atoms with E-state index in [9.17, 15) is 24.3 Å². The molecule has 0 spiro atoms. The Morgan fingerprint density at radius 1 is 0.783 bits per heavy atom. The average Bonchev–Trinajstić information content (AvgIpc) is 2.99. The molecule has 14 N–H and O–H groups in total. The molecule has 14 nitrogen and oxygen atoms in total. The van der Waals surface area contributed by atoms with Crippen LogP contribution in [0.1, 0.15) is 54.4 Å². The molecule has 2 aromatic rings. The number of carbonyl (C=O) groups is 4. The van der Waals surface area contributed by atoms with E-state index in [1.54, 1.807) is 50.2 Å². The molecule has 0 aliphatic heterocycles. The van der Waals surface area contributed by atoms with Crippen molar-refractivity contribution in [2.24, 2.45) is 33.7 Å². The van der Waals surface area contributed by atoms with Gasteiger partial charge in [-0.3, -0.25) is 24.2 Å². The van der Waals surface area contributed by atoms with Gasteiger partial charge in [0.05, 0.1) is 6.04 Å². The summed E-state index contributed by atoms with van der Waals surface area (Å²) in [4.78, 5) is 56.7. The predicted octanol–water partition coefficient (Wildman–Crippen LogP) is -0.756. The van der Waals surface area contributed by atoms with Crippen LogP contribution in [0.15, 0.2) is 47.5 Å². The zero-order valence-corrected chi connectivity index (χ0v) is 26.6. The van der Waals surface area contributed by atoms with Crippen molar-refractivity contribution in [1.82, 2.24) is 16.0 Å². The van der Waals surface area contributed by atoms with E-state index < -0.39 is 47.8 Å². The van der Waals surface area contributed by atoms with Crippen molar-refractivity contribution in [3.63, 3.8) is 0 Å². The number of nitrogens with one attached hydrogen (secondary N) is 3. The molecular formula is C32H49N9O5. The molecule has 0 bridgehead atoms. The van der Waals surface area contributed by atoms with Gasteiger partial charge in [-0.2, -0.15) is 0 Å². The lowest BCUT2D eigenvalue weighted by Crippen LogP contribution is -2.58. The number of phenolic OH excluding ortho intramolecular Hbond substituents is 1. The topological polar surface area (TPSA) is 267 Å². The molecule has 0 aliphatic rings. The highest BCUT2D eigenvalue weighted by Gasteiger charge is 2.31. The van der Waals surface area contributed by atoms with Crippen LogP contribution in [0.25, 0.3) is 0 Å². The van der Waals surface area contributed by atoms with Crippen LogP contribution in [-0.2, 0) is 32.0 Å². The maximum Gasteiger partial charge on any atom is 0.243 e. The monoisotopic (exact) mass is 639 g/mol. The Bertz CT molecular complexity index is 1330. The van der Waals surface area contributed by atoms with E-state index in [4.69, 9.17) is 28.7 Å². The molecule has 14 heteroatoms. The summed E-state index contributed by atoms with van der Waals surface area (Å²) in [5.74, 6) is -2.56. The Morgan fingerprint density at radius 2 is 1.35 bits per heavy atom. The molecule has 0 saturated heterocycles. The minimum Gasteiger partial charge on any atom is -0.508 e. The number of unbranched alkanes of at least 4 members (excludes halogenated alkanes) is 1. The lowest BCUT2D eigenvalue weighted by atomic mass is 9.94. The van der Waals surface area contributed by atoms with Gasteiger partial charge in [-0.1, -0.05) is 36.8 Å². The van der Waals surface area contributed by atoms with E-state index in [2.05, 4.69) is 20.9 Å². The van der Waals surface area contributed by atoms with E-state index in [0.717, 1.165) is 22.3 Å². The fourth-order valence-electron chi connectivity index (χ4n) is 5.02. The van der Waals surface area contributed by atoms with Crippen molar-refractivity contribution in [1.29, 1.82) is 0 Å². The number of amides is 4. The third-order valence-electron chi connectivity index (χ3n) is 7.55. The minimum atomic E-state index is -1.13. The van der Waals surface area contributed by atoms with Crippen LogP contribution in [0.5, 0.6) is 5.75 Å². The van der Waals surface area contributed by atoms with Crippen LogP contribution in [0.3, 0.4) is 0 Å². The smallest absolute Gasteiger partial charge is 0.243 e. The summed E-state index contributed by atoms with van der Waals surface area (Å²) >= 11 is 0. The number of phenols is 1. The van der Waals surface area contributed by atoms with Crippen LogP contribution < -0.4 is 44.6 Å². The lowest BCUT2D eigenvalue weighted by molar-refractivity contribution is -0.133. The van der Waals surface area contributed by atoms with Crippen molar-refractivity contribution >= 4 is 29.6 Å². The van der Waals surface area contributed by atoms with E-state index >= 15 is 0 Å². The van der Waals surface area contributed by atoms with Gasteiger partial charge >= 0.3 is 0 Å². The second kappa shape index (κ2) is 19.0. The van der Waals surface area contributed by atoms with Gasteiger partial charge in [0.25, 0.3) is 0 Å². The number of primary amides is 1. The van der Waals surface area contributed by atoms with Gasteiger partial charge in [-0.15, -0.1) is 0 Å². The van der Waals surface area contributed by atoms with Crippen molar-refractivity contribution in [2.75, 3.05) is 13.1 Å². The Balaban J connectivity index is 2.36. The first-order valence-electron chi connectivity index (χ1n) is 15.4. The lowest BCUT2D eigenvalue weighted by Gasteiger charge is -2.26. The fraction of sp³-hybridized carbons (Fsp3) is 0.469. The molecule has 0 fully saturated rings. The molecule has 0 unspecified atom stereocenters. The number of nitrogens with zero attached hydrogens (tertiary/aromatic N) is 1. The Morgan fingerprint density at radius 3 is 1.91 bits per heavy atom. The third-order valence-corrected chi connectivity index (χ3v) is 7.55. The van der Waals surface area contributed by atoms with E-state index in [1.807, 2.05) is 6.07 Å². The molecule has 4 atom stereocenters. The summed E-state index contributed by atoms with van der Waals surface area (Å²) < 4.78 is 0. The number of nitrogens with two attached hydrogens (primary N) is 5. The second-order valence-electron chi connectivity index (χ2n) is 11.4. The molecule has 46 heavy (non-hydrogen) atoms. The molecule has 2 aromatic carbocycles. The highest BCUT2D eigenvalue weighted by atomic mass is 16.3. The number of hydrogen-bond acceptors (Lipinski definition) is 8. The van der Waals surface area contributed by atoms with Crippen molar-refractivity contribution in [2.45, 2.75) is 83.0 Å². The summed E-state index contributed by atoms with van der Waals surface area (Å²) in [6.45, 7) is 4.29. The highest BCUT2D eigenvalue weighted by Crippen LogP contribution is 2.22. The van der Waals surface area contributed by atoms with Crippen molar-refractivity contribution < 1.29 is 24.3 Å². The van der Waals surface area contributed by atoms with Crippen LogP contribution in [0.2, 0.25) is 0 Å². The number of benzene rings is 2. The van der Waals surface area contributed by atoms with Gasteiger partial charge in [0.2, 0.25) is 23.6 Å². The van der Waals surface area contributed by atoms with Crippen LogP contribution in [-0.4, -0.2) is 72.0 Å². The molecule has 4 amide bonds. The number of aromatic hydroxyl groups is 1. The summed E-state index contributed by atoms with van der Waals surface area (Å²) in [5.41, 5.74) is 30.9. The standard InChI is InChI=1S/C32H49N9O5/c1-19-15-22(42)16-20(2)23(19)18-27(40-29(44)24(34)11-6-7-13-33)31(46)41-26(17-21-9-4-3-5-10-21)30(45)39-25(28(35)43)12-8-14-38-32(36)37/h3-5,9-10,15-16,24-27,42H,6-8,11-14,17-18,33-34H2,1-2H3,(H2,35,43)(H,39,45)(H,40,44)(H,41,46)(H4,36,37,38)/t24-,25+,26-,27-/m0/s1. The zero-order valence-electron chi connectivity index (χ0n) is 26.6. The highest BCUT2D eigenvalue weighted by molar-refractivity contribution is 5.95. The summed E-state index contributed by atoms with van der Waals surface area (Å²) in [5, 5.41) is 18.2. The van der Waals surface area contributed by atoms with Gasteiger partial charge < -0.3 is 49.7 Å². The normalized spacial score (nSPS) is 13.5. The SMILES string of the molecule is Cc1cc(O)cc(C)c1C[C@H](NC(=O)[C@@H](N)CCCCN)C(=O)N[C@@H](Cc1ccccc1)C(=O)N[C@H](CCCN=C(N)N)C(N)=O. The van der Waals surface area contributed by atoms with E-state index in [0.29, 0.717) is 32.2 Å². The Hall–Kier alpha value is -4.69. The minimum absolute atomic E-state index is 0.0689. The number of rotatable bonds is 19. The molecule has 2 rings (SSSR count). The average molecular weight is 640 g/mol. The molecule has 0 heterocycles. The number of guanidine groups is 1. The maximum atomic E-state index is 13.9. The van der Waals surface area contributed by atoms with Crippen LogP contribution in [0, 0.1) is 13.8 Å². The number of hydrogen-bond donors (Lipinski definition) is 9. The fourth-order valence-corrected chi connectivity index (χ4v) is 5.02. The van der Waals surface area contributed by atoms with Gasteiger partial charge in [0, 0.05) is 19.4 Å². The van der Waals surface area contributed by atoms with Gasteiger partial charge in [0.1, 0.15) is 23.9 Å². The van der Waals surface area contributed by atoms with E-state index in [1.165, 1.54) is 0 Å². The Labute approximate surface area is 269 Å². The first kappa shape index (κ1) is 37.5. The van der Waals surface area contributed by atoms with E-state index in [-0.39, 0.29) is 37.5 Å². The quantitative estimate of drug-likeness (QED) is 0.0530. The summed E-state index contributed by atoms with van der Waals surface area (Å²) in [7, 11) is 0. The third kappa shape index (κ3) is 12.7. The Kier molecular flexibility index (Phi) is 15.5. The number of aliphatic imine (C=N–C) groups is 1. The maximum absolute atomic E-state index is 13.9. The molecule has 0 aromatic heterocycles. The van der Waals surface area contributed by atoms with Gasteiger partial charge in [0.15, 0.2) is 5.96 Å². The number of carbonyl (C=O) groups excluding carboxylic acids is 4. The predicted molar refractivity (Wildman–Crippen MR) is 177 cm³/mol. The van der Waals surface area contributed by atoms with Crippen LogP contribution in [0.4, 0.5) is 0 Å². The van der Waals surface area contributed by atoms with Crippen molar-refractivity contribution in [3.05, 3.63) is 64.7 Å². The summed E-state index contributed by atoms with van der Waals surface area (Å²) in [6, 6.07) is 8.00. The molecular weight excluding hydrogens is 590 g/mol. The molecule has 0 aliphatic carbocycles. The van der Waals surface area contributed by atoms with Crippen molar-refractivity contribution in [3.8, 4) is 5.75 Å². The molecule has 0 radical (unpaired) electrons. The zero-order chi connectivity index (χ0) is 34.2.